The molecule has 0 rings (SSSR count). The molecule has 0 unspecified atom stereocenters. The van der Waals surface area contributed by atoms with Gasteiger partial charge < -0.3 is 5.73 Å². The van der Waals surface area contributed by atoms with Crippen molar-refractivity contribution in [2.45, 2.75) is 6.92 Å². The number of allylic oxidation sites excluding steroid dienone is 2. The van der Waals surface area contributed by atoms with E-state index in [0.717, 1.165) is 5.57 Å². The Morgan fingerprint density at radius 3 is 2.57 bits per heavy atom. The molecule has 40 valence electrons. The molecule has 0 aromatic heterocycles. The van der Waals surface area contributed by atoms with E-state index in [4.69, 9.17) is 5.73 Å². The molecule has 0 spiro atoms. The first-order valence-corrected chi connectivity index (χ1v) is 2.29. The molecule has 0 aromatic rings. The fourth-order valence-corrected chi connectivity index (χ4v) is 0.269. The monoisotopic (exact) mass is 97.1 g/mol. The molecular weight excluding hydrogens is 86.1 g/mol. The molecule has 0 saturated carbocycles. The smallest absolute Gasteiger partial charge is 0.0137 e. The molecule has 2 N–H and O–H groups in total. The normalized spacial score (nSPS) is 11.4. The summed E-state index contributed by atoms with van der Waals surface area (Å²) in [4.78, 5) is 0. The van der Waals surface area contributed by atoms with Crippen LogP contribution in [-0.4, -0.2) is 6.54 Å². The Hall–Kier alpha value is -0.560. The van der Waals surface area contributed by atoms with Gasteiger partial charge in [-0.15, -0.1) is 0 Å². The molecule has 7 heavy (non-hydrogen) atoms. The van der Waals surface area contributed by atoms with E-state index >= 15 is 0 Å². The molecule has 0 bridgehead atoms. The van der Waals surface area contributed by atoms with E-state index in [1.165, 1.54) is 0 Å². The van der Waals surface area contributed by atoms with Gasteiger partial charge in [-0.1, -0.05) is 24.3 Å². The summed E-state index contributed by atoms with van der Waals surface area (Å²) in [6, 6.07) is 0. The van der Waals surface area contributed by atoms with Crippen molar-refractivity contribution in [3.8, 4) is 0 Å². The Kier molecular flexibility index (Phi) is 3.33. The molecule has 0 fully saturated rings. The van der Waals surface area contributed by atoms with E-state index in [0.29, 0.717) is 6.54 Å². The van der Waals surface area contributed by atoms with Crippen LogP contribution in [0.25, 0.3) is 0 Å². The number of hydrogen-bond donors (Lipinski definition) is 1. The van der Waals surface area contributed by atoms with Crippen molar-refractivity contribution >= 4 is 0 Å². The topological polar surface area (TPSA) is 26.0 Å². The second-order valence-corrected chi connectivity index (χ2v) is 1.45. The first kappa shape index (κ1) is 6.44. The van der Waals surface area contributed by atoms with Gasteiger partial charge in [0.1, 0.15) is 0 Å². The summed E-state index contributed by atoms with van der Waals surface area (Å²) in [5, 5.41) is 0. The predicted molar refractivity (Wildman–Crippen MR) is 33.0 cm³/mol. The van der Waals surface area contributed by atoms with Gasteiger partial charge in [0.25, 0.3) is 0 Å². The molecule has 0 heterocycles. The Bertz CT molecular complexity index is 82.2. The summed E-state index contributed by atoms with van der Waals surface area (Å²) in [6.45, 7) is 6.12. The van der Waals surface area contributed by atoms with Crippen molar-refractivity contribution < 1.29 is 0 Å². The molecule has 0 aliphatic heterocycles. The minimum Gasteiger partial charge on any atom is -0.327 e. The van der Waals surface area contributed by atoms with Gasteiger partial charge in [0.2, 0.25) is 0 Å². The van der Waals surface area contributed by atoms with Crippen LogP contribution < -0.4 is 5.73 Å². The third-order valence-electron chi connectivity index (χ3n) is 0.724. The van der Waals surface area contributed by atoms with E-state index in [-0.39, 0.29) is 0 Å². The zero-order valence-corrected chi connectivity index (χ0v) is 4.65. The SMILES string of the molecule is C=C/C=C(/C)CN. The van der Waals surface area contributed by atoms with E-state index in [2.05, 4.69) is 6.58 Å². The van der Waals surface area contributed by atoms with Crippen molar-refractivity contribution in [1.82, 2.24) is 0 Å². The highest BCUT2D eigenvalue weighted by Gasteiger charge is 1.74. The zero-order chi connectivity index (χ0) is 5.70. The van der Waals surface area contributed by atoms with Gasteiger partial charge in [0.05, 0.1) is 0 Å². The summed E-state index contributed by atoms with van der Waals surface area (Å²) in [7, 11) is 0. The van der Waals surface area contributed by atoms with E-state index < -0.39 is 0 Å². The number of rotatable bonds is 2. The maximum atomic E-state index is 5.24. The number of nitrogens with two attached hydrogens (primary N) is 1. The van der Waals surface area contributed by atoms with Gasteiger partial charge in [-0.3, -0.25) is 0 Å². The highest BCUT2D eigenvalue weighted by molar-refractivity contribution is 5.08. The highest BCUT2D eigenvalue weighted by atomic mass is 14.5. The summed E-state index contributed by atoms with van der Waals surface area (Å²) in [5.41, 5.74) is 6.40. The molecule has 0 radical (unpaired) electrons. The van der Waals surface area contributed by atoms with Crippen molar-refractivity contribution in [2.75, 3.05) is 6.54 Å². The minimum absolute atomic E-state index is 0.631. The average molecular weight is 97.2 g/mol. The van der Waals surface area contributed by atoms with Gasteiger partial charge in [0, 0.05) is 6.54 Å². The average Bonchev–Trinajstić information content (AvgIpc) is 1.68. The van der Waals surface area contributed by atoms with Crippen LogP contribution in [0.4, 0.5) is 0 Å². The molecule has 0 aromatic carbocycles. The Labute approximate surface area is 44.5 Å². The van der Waals surface area contributed by atoms with E-state index in [1.54, 1.807) is 6.08 Å². The molecule has 0 saturated heterocycles. The molecular formula is C6H11N. The van der Waals surface area contributed by atoms with Crippen LogP contribution in [0.5, 0.6) is 0 Å². The molecule has 0 aliphatic rings. The first-order chi connectivity index (χ1) is 3.31. The van der Waals surface area contributed by atoms with Gasteiger partial charge in [-0.25, -0.2) is 0 Å². The van der Waals surface area contributed by atoms with Gasteiger partial charge >= 0.3 is 0 Å². The number of hydrogen-bond acceptors (Lipinski definition) is 1. The summed E-state index contributed by atoms with van der Waals surface area (Å²) < 4.78 is 0. The largest absolute Gasteiger partial charge is 0.327 e. The first-order valence-electron chi connectivity index (χ1n) is 2.29. The Morgan fingerprint density at radius 2 is 2.43 bits per heavy atom. The Balaban J connectivity index is 3.49. The Morgan fingerprint density at radius 1 is 1.86 bits per heavy atom. The lowest BCUT2D eigenvalue weighted by Crippen LogP contribution is -1.98. The summed E-state index contributed by atoms with van der Waals surface area (Å²) in [6.07, 6.45) is 3.64. The zero-order valence-electron chi connectivity index (χ0n) is 4.65. The van der Waals surface area contributed by atoms with Crippen LogP contribution in [0.1, 0.15) is 6.92 Å². The third kappa shape index (κ3) is 3.27. The van der Waals surface area contributed by atoms with Crippen LogP contribution in [0, 0.1) is 0 Å². The highest BCUT2D eigenvalue weighted by Crippen LogP contribution is 1.85. The lowest BCUT2D eigenvalue weighted by Gasteiger charge is -1.86. The maximum absolute atomic E-state index is 5.24. The van der Waals surface area contributed by atoms with E-state index in [1.807, 2.05) is 13.0 Å². The van der Waals surface area contributed by atoms with Crippen LogP contribution >= 0.6 is 0 Å². The van der Waals surface area contributed by atoms with Crippen molar-refractivity contribution in [3.05, 3.63) is 24.3 Å². The van der Waals surface area contributed by atoms with Crippen molar-refractivity contribution in [3.63, 3.8) is 0 Å². The lowest BCUT2D eigenvalue weighted by molar-refractivity contribution is 1.14. The maximum Gasteiger partial charge on any atom is 0.0137 e. The second kappa shape index (κ2) is 3.62. The van der Waals surface area contributed by atoms with Crippen LogP contribution in [0.15, 0.2) is 24.3 Å². The predicted octanol–water partition coefficient (Wildman–Crippen LogP) is 1.08. The molecule has 0 amide bonds. The third-order valence-corrected chi connectivity index (χ3v) is 0.724. The van der Waals surface area contributed by atoms with Gasteiger partial charge in [0.15, 0.2) is 0 Å². The van der Waals surface area contributed by atoms with Crippen LogP contribution in [0.3, 0.4) is 0 Å². The van der Waals surface area contributed by atoms with Gasteiger partial charge in [-0.2, -0.15) is 0 Å². The lowest BCUT2D eigenvalue weighted by atomic mass is 10.3. The summed E-state index contributed by atoms with van der Waals surface area (Å²) >= 11 is 0. The van der Waals surface area contributed by atoms with E-state index in [9.17, 15) is 0 Å². The van der Waals surface area contributed by atoms with Gasteiger partial charge in [-0.05, 0) is 6.92 Å². The van der Waals surface area contributed by atoms with Crippen molar-refractivity contribution in [1.29, 1.82) is 0 Å². The van der Waals surface area contributed by atoms with Crippen molar-refractivity contribution in [2.24, 2.45) is 5.73 Å². The minimum atomic E-state index is 0.631. The second-order valence-electron chi connectivity index (χ2n) is 1.45. The molecule has 1 nitrogen and oxygen atoms in total. The van der Waals surface area contributed by atoms with Crippen LogP contribution in [0.2, 0.25) is 0 Å². The quantitative estimate of drug-likeness (QED) is 0.512. The standard InChI is InChI=1S/C6H11N/c1-3-4-6(2)5-7/h3-4H,1,5,7H2,2H3/b6-4-. The summed E-state index contributed by atoms with van der Waals surface area (Å²) in [5.74, 6) is 0. The fraction of sp³-hybridized carbons (Fsp3) is 0.333. The molecule has 1 heteroatoms. The fourth-order valence-electron chi connectivity index (χ4n) is 0.269. The van der Waals surface area contributed by atoms with Crippen LogP contribution in [-0.2, 0) is 0 Å². The molecule has 0 aliphatic carbocycles. The molecule has 0 atom stereocenters.